The summed E-state index contributed by atoms with van der Waals surface area (Å²) in [5.41, 5.74) is 1.83. The van der Waals surface area contributed by atoms with Gasteiger partial charge in [-0.25, -0.2) is 8.78 Å². The van der Waals surface area contributed by atoms with Gasteiger partial charge >= 0.3 is 5.97 Å². The van der Waals surface area contributed by atoms with Crippen molar-refractivity contribution in [3.8, 4) is 0 Å². The zero-order chi connectivity index (χ0) is 17.6. The number of carboxylic acid groups (broad SMARTS) is 1. The van der Waals surface area contributed by atoms with Crippen LogP contribution in [0.3, 0.4) is 0 Å². The smallest absolute Gasteiger partial charge is 0.307 e. The van der Waals surface area contributed by atoms with E-state index in [2.05, 4.69) is 5.32 Å². The van der Waals surface area contributed by atoms with Crippen LogP contribution in [-0.2, 0) is 9.59 Å². The molecule has 1 amide bonds. The monoisotopic (exact) mass is 335 g/mol. The number of fused-ring (bicyclic) bond motifs is 2. The molecule has 2 aliphatic carbocycles. The molecule has 0 radical (unpaired) electrons. The predicted octanol–water partition coefficient (Wildman–Crippen LogP) is 3.60. The molecule has 3 rings (SSSR count). The van der Waals surface area contributed by atoms with E-state index >= 15 is 0 Å². The standard InChI is InChI=1S/C18H19F2NO3/c1-8(2)14-10-4-5-11(14)16(18(23)24)15(10)17(22)21-13-7-9(19)3-6-12(13)20/h3,6-7,10-11,15-16H,4-5H2,1-2H3,(H,21,22)(H,23,24)/t10-,11-,15+,16+/m0/s1. The molecule has 0 aliphatic heterocycles. The van der Waals surface area contributed by atoms with E-state index in [1.54, 1.807) is 0 Å². The lowest BCUT2D eigenvalue weighted by atomic mass is 9.78. The lowest BCUT2D eigenvalue weighted by Crippen LogP contribution is -2.38. The molecule has 0 aromatic heterocycles. The van der Waals surface area contributed by atoms with Gasteiger partial charge in [-0.05, 0) is 50.7 Å². The number of hydrogen-bond acceptors (Lipinski definition) is 2. The van der Waals surface area contributed by atoms with Crippen LogP contribution in [0.4, 0.5) is 14.5 Å². The van der Waals surface area contributed by atoms with Gasteiger partial charge in [0.05, 0.1) is 17.5 Å². The fraction of sp³-hybridized carbons (Fsp3) is 0.444. The molecule has 2 aliphatic rings. The lowest BCUT2D eigenvalue weighted by Gasteiger charge is -2.26. The molecule has 2 fully saturated rings. The summed E-state index contributed by atoms with van der Waals surface area (Å²) in [5, 5.41) is 12.0. The first-order valence-corrected chi connectivity index (χ1v) is 7.97. The van der Waals surface area contributed by atoms with E-state index in [0.29, 0.717) is 0 Å². The third-order valence-corrected chi connectivity index (χ3v) is 5.19. The van der Waals surface area contributed by atoms with E-state index in [-0.39, 0.29) is 17.5 Å². The molecule has 4 nitrogen and oxygen atoms in total. The van der Waals surface area contributed by atoms with Gasteiger partial charge in [-0.3, -0.25) is 9.59 Å². The summed E-state index contributed by atoms with van der Waals surface area (Å²) in [5.74, 6) is -4.84. The molecule has 2 saturated carbocycles. The number of nitrogens with one attached hydrogen (secondary N) is 1. The van der Waals surface area contributed by atoms with Crippen LogP contribution in [0.15, 0.2) is 29.3 Å². The predicted molar refractivity (Wildman–Crippen MR) is 84.2 cm³/mol. The van der Waals surface area contributed by atoms with Crippen molar-refractivity contribution in [2.45, 2.75) is 26.7 Å². The molecule has 2 N–H and O–H groups in total. The number of benzene rings is 1. The van der Waals surface area contributed by atoms with Gasteiger partial charge in [0.25, 0.3) is 0 Å². The Labute approximate surface area is 138 Å². The molecule has 0 saturated heterocycles. The molecule has 0 unspecified atom stereocenters. The van der Waals surface area contributed by atoms with Crippen molar-refractivity contribution in [3.63, 3.8) is 0 Å². The highest BCUT2D eigenvalue weighted by Crippen LogP contribution is 2.57. The van der Waals surface area contributed by atoms with Crippen molar-refractivity contribution in [2.24, 2.45) is 23.7 Å². The van der Waals surface area contributed by atoms with E-state index in [4.69, 9.17) is 0 Å². The summed E-state index contributed by atoms with van der Waals surface area (Å²) < 4.78 is 27.0. The van der Waals surface area contributed by atoms with Crippen LogP contribution < -0.4 is 5.32 Å². The molecule has 0 heterocycles. The summed E-state index contributed by atoms with van der Waals surface area (Å²) in [6, 6.07) is 2.80. The van der Waals surface area contributed by atoms with Crippen LogP contribution in [0.1, 0.15) is 26.7 Å². The van der Waals surface area contributed by atoms with Crippen molar-refractivity contribution in [2.75, 3.05) is 5.32 Å². The van der Waals surface area contributed by atoms with Crippen LogP contribution in [0.5, 0.6) is 0 Å². The van der Waals surface area contributed by atoms with Gasteiger partial charge < -0.3 is 10.4 Å². The van der Waals surface area contributed by atoms with Crippen LogP contribution >= 0.6 is 0 Å². The van der Waals surface area contributed by atoms with E-state index in [9.17, 15) is 23.5 Å². The first kappa shape index (κ1) is 16.6. The third-order valence-electron chi connectivity index (χ3n) is 5.19. The molecule has 128 valence electrons. The van der Waals surface area contributed by atoms with Crippen LogP contribution in [0.25, 0.3) is 0 Å². The summed E-state index contributed by atoms with van der Waals surface area (Å²) in [6.45, 7) is 3.85. The van der Waals surface area contributed by atoms with Gasteiger partial charge in [-0.2, -0.15) is 0 Å². The maximum Gasteiger partial charge on any atom is 0.307 e. The highest BCUT2D eigenvalue weighted by Gasteiger charge is 2.57. The first-order valence-electron chi connectivity index (χ1n) is 7.97. The molecule has 4 atom stereocenters. The normalized spacial score (nSPS) is 28.1. The Morgan fingerprint density at radius 2 is 1.75 bits per heavy atom. The Bertz CT molecular complexity index is 740. The van der Waals surface area contributed by atoms with E-state index < -0.39 is 35.3 Å². The number of hydrogen-bond donors (Lipinski definition) is 2. The summed E-state index contributed by atoms with van der Waals surface area (Å²) in [4.78, 5) is 24.4. The van der Waals surface area contributed by atoms with Crippen molar-refractivity contribution in [1.29, 1.82) is 0 Å². The summed E-state index contributed by atoms with van der Waals surface area (Å²) in [6.07, 6.45) is 1.50. The van der Waals surface area contributed by atoms with Gasteiger partial charge in [0, 0.05) is 6.07 Å². The maximum absolute atomic E-state index is 13.8. The van der Waals surface area contributed by atoms with Gasteiger partial charge in [0.2, 0.25) is 5.91 Å². The molecule has 2 bridgehead atoms. The highest BCUT2D eigenvalue weighted by atomic mass is 19.1. The Hall–Kier alpha value is -2.24. The Balaban J connectivity index is 1.92. The number of anilines is 1. The fourth-order valence-electron chi connectivity index (χ4n) is 4.41. The number of rotatable bonds is 3. The summed E-state index contributed by atoms with van der Waals surface area (Å²) in [7, 11) is 0. The zero-order valence-electron chi connectivity index (χ0n) is 13.5. The second kappa shape index (κ2) is 6.00. The van der Waals surface area contributed by atoms with Crippen molar-refractivity contribution in [1.82, 2.24) is 0 Å². The quantitative estimate of drug-likeness (QED) is 0.830. The number of amides is 1. The molecular formula is C18H19F2NO3. The first-order chi connectivity index (χ1) is 11.3. The number of halogens is 2. The number of aliphatic carboxylic acids is 1. The minimum atomic E-state index is -1.01. The largest absolute Gasteiger partial charge is 0.481 e. The average Bonchev–Trinajstić information content (AvgIpc) is 3.06. The molecule has 1 aromatic carbocycles. The number of carbonyl (C=O) groups excluding carboxylic acids is 1. The van der Waals surface area contributed by atoms with E-state index in [1.807, 2.05) is 13.8 Å². The topological polar surface area (TPSA) is 66.4 Å². The van der Waals surface area contributed by atoms with Crippen LogP contribution in [0.2, 0.25) is 0 Å². The van der Waals surface area contributed by atoms with Crippen molar-refractivity contribution < 1.29 is 23.5 Å². The lowest BCUT2D eigenvalue weighted by molar-refractivity contribution is -0.148. The molecular weight excluding hydrogens is 316 g/mol. The second-order valence-corrected chi connectivity index (χ2v) is 6.75. The molecule has 6 heteroatoms. The van der Waals surface area contributed by atoms with Gasteiger partial charge in [0.1, 0.15) is 11.6 Å². The Morgan fingerprint density at radius 3 is 2.33 bits per heavy atom. The van der Waals surface area contributed by atoms with Crippen molar-refractivity contribution >= 4 is 17.6 Å². The second-order valence-electron chi connectivity index (χ2n) is 6.75. The molecule has 24 heavy (non-hydrogen) atoms. The third kappa shape index (κ3) is 2.60. The van der Waals surface area contributed by atoms with Gasteiger partial charge in [0.15, 0.2) is 0 Å². The van der Waals surface area contributed by atoms with E-state index in [1.165, 1.54) is 0 Å². The van der Waals surface area contributed by atoms with Gasteiger partial charge in [-0.1, -0.05) is 11.1 Å². The molecule has 0 spiro atoms. The average molecular weight is 335 g/mol. The SMILES string of the molecule is CC(C)=C1[C@@H]2CC[C@@H]1[C@@H](C(=O)Nc1cc(F)ccc1F)[C@@H]2C(=O)O. The number of carboxylic acids is 1. The Morgan fingerprint density at radius 1 is 1.12 bits per heavy atom. The van der Waals surface area contributed by atoms with Crippen LogP contribution in [0, 0.1) is 35.3 Å². The maximum atomic E-state index is 13.8. The number of allylic oxidation sites excluding steroid dienone is 2. The van der Waals surface area contributed by atoms with Crippen molar-refractivity contribution in [3.05, 3.63) is 41.0 Å². The zero-order valence-corrected chi connectivity index (χ0v) is 13.5. The van der Waals surface area contributed by atoms with Gasteiger partial charge in [-0.15, -0.1) is 0 Å². The minimum Gasteiger partial charge on any atom is -0.481 e. The Kier molecular flexibility index (Phi) is 4.15. The summed E-state index contributed by atoms with van der Waals surface area (Å²) >= 11 is 0. The minimum absolute atomic E-state index is 0.141. The molecule has 1 aromatic rings. The van der Waals surface area contributed by atoms with E-state index in [0.717, 1.165) is 42.2 Å². The van der Waals surface area contributed by atoms with Crippen LogP contribution in [-0.4, -0.2) is 17.0 Å². The highest BCUT2D eigenvalue weighted by molar-refractivity contribution is 5.96. The fourth-order valence-corrected chi connectivity index (χ4v) is 4.41. The number of carbonyl (C=O) groups is 2.